The molecule has 1 saturated carbocycles. The minimum Gasteiger partial charge on any atom is -0.384 e. The summed E-state index contributed by atoms with van der Waals surface area (Å²) in [4.78, 5) is 4.48. The summed E-state index contributed by atoms with van der Waals surface area (Å²) in [6, 6.07) is 0.515. The minimum atomic E-state index is 0.515. The number of methoxy groups -OCH3 is 1. The number of nitrogens with zero attached hydrogens (tertiary/aromatic N) is 2. The second-order valence-electron chi connectivity index (χ2n) is 4.74. The van der Waals surface area contributed by atoms with E-state index in [0.717, 1.165) is 23.3 Å². The first-order valence-corrected chi connectivity index (χ1v) is 7.15. The van der Waals surface area contributed by atoms with Gasteiger partial charge in [-0.25, -0.2) is 4.98 Å². The summed E-state index contributed by atoms with van der Waals surface area (Å²) in [6.07, 6.45) is 6.26. The molecule has 17 heavy (non-hydrogen) atoms. The van der Waals surface area contributed by atoms with Crippen LogP contribution in [0.25, 0.3) is 0 Å². The Morgan fingerprint density at radius 2 is 2.24 bits per heavy atom. The van der Waals surface area contributed by atoms with E-state index in [2.05, 4.69) is 21.6 Å². The summed E-state index contributed by atoms with van der Waals surface area (Å²) in [7, 11) is 1.70. The van der Waals surface area contributed by atoms with E-state index in [1.165, 1.54) is 37.2 Å². The van der Waals surface area contributed by atoms with Gasteiger partial charge in [-0.15, -0.1) is 0 Å². The fourth-order valence-corrected chi connectivity index (χ4v) is 3.09. The molecular weight excluding hydrogens is 234 g/mol. The first kappa shape index (κ1) is 12.8. The van der Waals surface area contributed by atoms with Crippen LogP contribution in [-0.2, 0) is 11.2 Å². The maximum atomic E-state index is 5.02. The van der Waals surface area contributed by atoms with Gasteiger partial charge < -0.3 is 10.1 Å². The summed E-state index contributed by atoms with van der Waals surface area (Å²) in [5.41, 5.74) is 0. The fraction of sp³-hybridized carbons (Fsp3) is 0.833. The van der Waals surface area contributed by atoms with Crippen molar-refractivity contribution in [2.75, 3.05) is 19.0 Å². The second kappa shape index (κ2) is 6.31. The molecule has 1 aliphatic rings. The Bertz CT molecular complexity index is 336. The molecule has 1 N–H and O–H groups in total. The van der Waals surface area contributed by atoms with Crippen molar-refractivity contribution in [3.05, 3.63) is 5.82 Å². The first-order valence-electron chi connectivity index (χ1n) is 6.37. The fourth-order valence-electron chi connectivity index (χ4n) is 2.38. The first-order chi connectivity index (χ1) is 8.29. The molecule has 4 nitrogen and oxygen atoms in total. The Kier molecular flexibility index (Phi) is 4.74. The largest absolute Gasteiger partial charge is 0.384 e. The zero-order chi connectivity index (χ0) is 12.1. The number of hydrogen-bond donors (Lipinski definition) is 1. The van der Waals surface area contributed by atoms with E-state index in [4.69, 9.17) is 4.74 Å². The monoisotopic (exact) mass is 255 g/mol. The average molecular weight is 255 g/mol. The van der Waals surface area contributed by atoms with Gasteiger partial charge in [-0.2, -0.15) is 4.37 Å². The number of anilines is 1. The Balaban J connectivity index is 1.83. The highest BCUT2D eigenvalue weighted by Crippen LogP contribution is 2.29. The Morgan fingerprint density at radius 3 is 2.94 bits per heavy atom. The standard InChI is InChI=1S/C12H21N3OS/c1-9(10-5-3-4-6-10)13-12-14-11(15-17-12)7-8-16-2/h9-10H,3-8H2,1-2H3,(H,13,14,15). The Hall–Kier alpha value is -0.680. The molecule has 1 heterocycles. The van der Waals surface area contributed by atoms with Gasteiger partial charge >= 0.3 is 0 Å². The molecule has 0 aromatic carbocycles. The summed E-state index contributed by atoms with van der Waals surface area (Å²) in [5.74, 6) is 1.69. The molecule has 0 bridgehead atoms. The van der Waals surface area contributed by atoms with Crippen LogP contribution < -0.4 is 5.32 Å². The molecule has 1 atom stereocenters. The van der Waals surface area contributed by atoms with Crippen molar-refractivity contribution in [2.45, 2.75) is 45.1 Å². The SMILES string of the molecule is COCCc1nsc(NC(C)C2CCCC2)n1. The van der Waals surface area contributed by atoms with E-state index in [1.54, 1.807) is 7.11 Å². The molecule has 0 aliphatic heterocycles. The topological polar surface area (TPSA) is 47.0 Å². The molecule has 0 spiro atoms. The highest BCUT2D eigenvalue weighted by molar-refractivity contribution is 7.09. The lowest BCUT2D eigenvalue weighted by Gasteiger charge is -2.19. The van der Waals surface area contributed by atoms with Crippen LogP contribution >= 0.6 is 11.5 Å². The number of ether oxygens (including phenoxy) is 1. The number of rotatable bonds is 6. The van der Waals surface area contributed by atoms with Crippen molar-refractivity contribution in [1.82, 2.24) is 9.36 Å². The quantitative estimate of drug-likeness (QED) is 0.849. The van der Waals surface area contributed by atoms with Gasteiger partial charge in [-0.3, -0.25) is 0 Å². The Morgan fingerprint density at radius 1 is 1.47 bits per heavy atom. The van der Waals surface area contributed by atoms with Crippen molar-refractivity contribution >= 4 is 16.7 Å². The smallest absolute Gasteiger partial charge is 0.202 e. The number of hydrogen-bond acceptors (Lipinski definition) is 5. The third kappa shape index (κ3) is 3.64. The predicted octanol–water partition coefficient (Wildman–Crippen LogP) is 2.72. The maximum absolute atomic E-state index is 5.02. The van der Waals surface area contributed by atoms with Crippen LogP contribution in [-0.4, -0.2) is 29.1 Å². The van der Waals surface area contributed by atoms with E-state index in [1.807, 2.05) is 0 Å². The van der Waals surface area contributed by atoms with Crippen LogP contribution in [0.1, 0.15) is 38.4 Å². The van der Waals surface area contributed by atoms with Gasteiger partial charge in [0.1, 0.15) is 5.82 Å². The van der Waals surface area contributed by atoms with E-state index in [0.29, 0.717) is 12.6 Å². The minimum absolute atomic E-state index is 0.515. The number of nitrogens with one attached hydrogen (secondary N) is 1. The predicted molar refractivity (Wildman–Crippen MR) is 70.5 cm³/mol. The summed E-state index contributed by atoms with van der Waals surface area (Å²) in [6.45, 7) is 2.95. The molecule has 0 radical (unpaired) electrons. The zero-order valence-electron chi connectivity index (χ0n) is 10.6. The van der Waals surface area contributed by atoms with Gasteiger partial charge in [-0.05, 0) is 25.7 Å². The van der Waals surface area contributed by atoms with Crippen LogP contribution in [0.2, 0.25) is 0 Å². The molecule has 1 aromatic rings. The van der Waals surface area contributed by atoms with Gasteiger partial charge in [0.05, 0.1) is 6.61 Å². The molecule has 0 saturated heterocycles. The van der Waals surface area contributed by atoms with Crippen LogP contribution in [0.5, 0.6) is 0 Å². The van der Waals surface area contributed by atoms with Gasteiger partial charge in [0.25, 0.3) is 0 Å². The average Bonchev–Trinajstić information content (AvgIpc) is 2.97. The van der Waals surface area contributed by atoms with E-state index >= 15 is 0 Å². The third-order valence-corrected chi connectivity index (χ3v) is 4.14. The van der Waals surface area contributed by atoms with Gasteiger partial charge in [0.2, 0.25) is 5.13 Å². The Labute approximate surface area is 107 Å². The molecule has 1 unspecified atom stereocenters. The van der Waals surface area contributed by atoms with Crippen LogP contribution in [0.4, 0.5) is 5.13 Å². The molecular formula is C12H21N3OS. The van der Waals surface area contributed by atoms with Crippen molar-refractivity contribution < 1.29 is 4.74 Å². The molecule has 96 valence electrons. The lowest BCUT2D eigenvalue weighted by atomic mass is 10.0. The molecule has 1 fully saturated rings. The van der Waals surface area contributed by atoms with Crippen molar-refractivity contribution in [1.29, 1.82) is 0 Å². The highest BCUT2D eigenvalue weighted by atomic mass is 32.1. The summed E-state index contributed by atoms with van der Waals surface area (Å²) >= 11 is 1.46. The lowest BCUT2D eigenvalue weighted by Crippen LogP contribution is -2.23. The van der Waals surface area contributed by atoms with Crippen LogP contribution in [0, 0.1) is 5.92 Å². The second-order valence-corrected chi connectivity index (χ2v) is 5.49. The third-order valence-electron chi connectivity index (χ3n) is 3.46. The van der Waals surface area contributed by atoms with Crippen LogP contribution in [0.15, 0.2) is 0 Å². The van der Waals surface area contributed by atoms with Crippen molar-refractivity contribution in [3.63, 3.8) is 0 Å². The normalized spacial score (nSPS) is 18.5. The highest BCUT2D eigenvalue weighted by Gasteiger charge is 2.22. The molecule has 0 amide bonds. The molecule has 2 rings (SSSR count). The van der Waals surface area contributed by atoms with Gasteiger partial charge in [-0.1, -0.05) is 12.8 Å². The number of aromatic nitrogens is 2. The maximum Gasteiger partial charge on any atom is 0.202 e. The van der Waals surface area contributed by atoms with E-state index in [9.17, 15) is 0 Å². The summed E-state index contributed by atoms with van der Waals surface area (Å²) in [5, 5.41) is 4.44. The van der Waals surface area contributed by atoms with E-state index in [-0.39, 0.29) is 0 Å². The zero-order valence-corrected chi connectivity index (χ0v) is 11.4. The molecule has 1 aromatic heterocycles. The molecule has 5 heteroatoms. The molecule has 1 aliphatic carbocycles. The lowest BCUT2D eigenvalue weighted by molar-refractivity contribution is 0.201. The van der Waals surface area contributed by atoms with Gasteiger partial charge in [0.15, 0.2) is 0 Å². The van der Waals surface area contributed by atoms with E-state index < -0.39 is 0 Å². The van der Waals surface area contributed by atoms with Crippen molar-refractivity contribution in [3.8, 4) is 0 Å². The van der Waals surface area contributed by atoms with Crippen LogP contribution in [0.3, 0.4) is 0 Å². The van der Waals surface area contributed by atoms with Gasteiger partial charge in [0, 0.05) is 31.1 Å². The summed E-state index contributed by atoms with van der Waals surface area (Å²) < 4.78 is 9.34. The van der Waals surface area contributed by atoms with Crippen molar-refractivity contribution in [2.24, 2.45) is 5.92 Å².